The van der Waals surface area contributed by atoms with Crippen LogP contribution in [0.25, 0.3) is 0 Å². The van der Waals surface area contributed by atoms with E-state index in [2.05, 4.69) is 38.8 Å². The fraction of sp³-hybridized carbons (Fsp3) is 0.333. The smallest absolute Gasteiger partial charge is 0.151 e. The fourth-order valence-corrected chi connectivity index (χ4v) is 5.72. The highest BCUT2D eigenvalue weighted by Gasteiger charge is 2.31. The van der Waals surface area contributed by atoms with E-state index in [0.29, 0.717) is 18.1 Å². The van der Waals surface area contributed by atoms with Gasteiger partial charge in [0.25, 0.3) is 0 Å². The van der Waals surface area contributed by atoms with Crippen molar-refractivity contribution in [2.45, 2.75) is 43.5 Å². The summed E-state index contributed by atoms with van der Waals surface area (Å²) in [4.78, 5) is 8.75. The molecule has 0 amide bonds. The van der Waals surface area contributed by atoms with Crippen molar-refractivity contribution in [1.82, 2.24) is 9.97 Å². The molecule has 8 heteroatoms. The van der Waals surface area contributed by atoms with Crippen LogP contribution in [0.1, 0.15) is 52.7 Å². The number of sulfone groups is 1. The van der Waals surface area contributed by atoms with E-state index < -0.39 is 9.84 Å². The predicted molar refractivity (Wildman–Crippen MR) is 127 cm³/mol. The number of benzene rings is 2. The second-order valence-electron chi connectivity index (χ2n) is 8.78. The molecular formula is C24H27N5O2S. The van der Waals surface area contributed by atoms with Crippen molar-refractivity contribution in [3.8, 4) is 0 Å². The predicted octanol–water partition coefficient (Wildman–Crippen LogP) is 3.81. The van der Waals surface area contributed by atoms with Gasteiger partial charge in [-0.1, -0.05) is 24.3 Å². The summed E-state index contributed by atoms with van der Waals surface area (Å²) in [6.07, 6.45) is 6.95. The molecule has 7 nitrogen and oxygen atoms in total. The van der Waals surface area contributed by atoms with Crippen molar-refractivity contribution in [2.75, 3.05) is 16.9 Å². The van der Waals surface area contributed by atoms with Crippen LogP contribution in [-0.4, -0.2) is 24.6 Å². The third-order valence-electron chi connectivity index (χ3n) is 6.25. The fourth-order valence-electron chi connectivity index (χ4n) is 4.90. The highest BCUT2D eigenvalue weighted by atomic mass is 32.2. The van der Waals surface area contributed by atoms with Crippen LogP contribution < -0.4 is 16.4 Å². The van der Waals surface area contributed by atoms with Gasteiger partial charge in [0.1, 0.15) is 18.0 Å². The average Bonchev–Trinajstić information content (AvgIpc) is 3.32. The molecule has 0 aliphatic heterocycles. The summed E-state index contributed by atoms with van der Waals surface area (Å²) >= 11 is 0. The van der Waals surface area contributed by atoms with Crippen LogP contribution in [0.15, 0.2) is 48.8 Å². The minimum absolute atomic E-state index is 0.00399. The van der Waals surface area contributed by atoms with Crippen molar-refractivity contribution >= 4 is 27.2 Å². The standard InChI is InChI=1S/C24H27N5O2S/c1-32(30,31)13-17-6-3-7-19-20(25)11-21(24(17)19)29-23-12-22(26-14-27-23)28-18-9-8-15-4-2-5-16(15)10-18/h3,6-10,12,14,20-21H,2,4-5,11,13,25H2,1H3,(H2,26,27,28,29). The Hall–Kier alpha value is -2.97. The Balaban J connectivity index is 1.38. The molecule has 2 unspecified atom stereocenters. The molecule has 0 saturated heterocycles. The van der Waals surface area contributed by atoms with E-state index in [1.807, 2.05) is 24.3 Å². The summed E-state index contributed by atoms with van der Waals surface area (Å²) < 4.78 is 23.9. The molecule has 2 atom stereocenters. The molecule has 2 aromatic carbocycles. The molecule has 0 saturated carbocycles. The summed E-state index contributed by atoms with van der Waals surface area (Å²) in [5, 5.41) is 6.83. The minimum atomic E-state index is -3.16. The Morgan fingerprint density at radius 2 is 1.88 bits per heavy atom. The normalized spacial score (nSPS) is 19.4. The number of aryl methyl sites for hydroxylation is 2. The summed E-state index contributed by atoms with van der Waals surface area (Å²) in [5.41, 5.74) is 13.0. The molecule has 3 aromatic rings. The van der Waals surface area contributed by atoms with Gasteiger partial charge in [-0.25, -0.2) is 18.4 Å². The van der Waals surface area contributed by atoms with Crippen molar-refractivity contribution in [1.29, 1.82) is 0 Å². The van der Waals surface area contributed by atoms with Crippen LogP contribution in [0.4, 0.5) is 17.3 Å². The second kappa shape index (κ2) is 8.18. The lowest BCUT2D eigenvalue weighted by atomic mass is 10.0. The van der Waals surface area contributed by atoms with E-state index >= 15 is 0 Å². The van der Waals surface area contributed by atoms with Gasteiger partial charge in [-0.05, 0) is 65.6 Å². The molecule has 1 aromatic heterocycles. The van der Waals surface area contributed by atoms with E-state index in [1.165, 1.54) is 30.1 Å². The molecule has 4 N–H and O–H groups in total. The van der Waals surface area contributed by atoms with Crippen molar-refractivity contribution in [2.24, 2.45) is 5.73 Å². The van der Waals surface area contributed by atoms with Gasteiger partial charge < -0.3 is 16.4 Å². The molecule has 0 radical (unpaired) electrons. The zero-order chi connectivity index (χ0) is 22.3. The first kappa shape index (κ1) is 20.9. The molecule has 0 spiro atoms. The first-order valence-corrected chi connectivity index (χ1v) is 12.9. The summed E-state index contributed by atoms with van der Waals surface area (Å²) in [7, 11) is -3.16. The van der Waals surface area contributed by atoms with E-state index in [0.717, 1.165) is 35.2 Å². The van der Waals surface area contributed by atoms with E-state index in [9.17, 15) is 8.42 Å². The van der Waals surface area contributed by atoms with Crippen LogP contribution in [0.3, 0.4) is 0 Å². The number of nitrogens with one attached hydrogen (secondary N) is 2. The largest absolute Gasteiger partial charge is 0.363 e. The Labute approximate surface area is 188 Å². The number of hydrogen-bond acceptors (Lipinski definition) is 7. The van der Waals surface area contributed by atoms with Crippen LogP contribution in [0, 0.1) is 0 Å². The SMILES string of the molecule is CS(=O)(=O)Cc1cccc2c1C(Nc1cc(Nc3ccc4c(c3)CCC4)ncn1)CC2N. The minimum Gasteiger partial charge on any atom is -0.363 e. The highest BCUT2D eigenvalue weighted by molar-refractivity contribution is 7.89. The lowest BCUT2D eigenvalue weighted by Crippen LogP contribution is -2.13. The molecule has 2 aliphatic rings. The van der Waals surface area contributed by atoms with Gasteiger partial charge in [0.05, 0.1) is 11.8 Å². The molecule has 0 bridgehead atoms. The van der Waals surface area contributed by atoms with Crippen LogP contribution in [0.2, 0.25) is 0 Å². The number of nitrogens with two attached hydrogens (primary N) is 1. The monoisotopic (exact) mass is 449 g/mol. The van der Waals surface area contributed by atoms with E-state index in [-0.39, 0.29) is 17.8 Å². The molecule has 0 fully saturated rings. The van der Waals surface area contributed by atoms with Crippen LogP contribution >= 0.6 is 0 Å². The third kappa shape index (κ3) is 4.33. The number of nitrogens with zero attached hydrogens (tertiary/aromatic N) is 2. The van der Waals surface area contributed by atoms with E-state index in [4.69, 9.17) is 5.73 Å². The number of rotatable bonds is 6. The summed E-state index contributed by atoms with van der Waals surface area (Å²) in [6, 6.07) is 13.8. The Morgan fingerprint density at radius 1 is 1.06 bits per heavy atom. The Bertz CT molecular complexity index is 1280. The maximum atomic E-state index is 12.0. The van der Waals surface area contributed by atoms with Crippen LogP contribution in [0.5, 0.6) is 0 Å². The maximum absolute atomic E-state index is 12.0. The van der Waals surface area contributed by atoms with E-state index in [1.54, 1.807) is 0 Å². The average molecular weight is 450 g/mol. The first-order valence-electron chi connectivity index (χ1n) is 10.9. The molecule has 5 rings (SSSR count). The quantitative estimate of drug-likeness (QED) is 0.525. The van der Waals surface area contributed by atoms with Crippen molar-refractivity contribution in [3.05, 3.63) is 76.6 Å². The molecule has 32 heavy (non-hydrogen) atoms. The Kier molecular flexibility index (Phi) is 5.35. The van der Waals surface area contributed by atoms with Gasteiger partial charge >= 0.3 is 0 Å². The summed E-state index contributed by atoms with van der Waals surface area (Å²) in [5.74, 6) is 1.37. The van der Waals surface area contributed by atoms with Crippen molar-refractivity contribution < 1.29 is 8.42 Å². The second-order valence-corrected chi connectivity index (χ2v) is 10.9. The number of anilines is 3. The molecule has 1 heterocycles. The highest BCUT2D eigenvalue weighted by Crippen LogP contribution is 2.41. The van der Waals surface area contributed by atoms with Crippen molar-refractivity contribution in [3.63, 3.8) is 0 Å². The lowest BCUT2D eigenvalue weighted by Gasteiger charge is -2.18. The number of fused-ring (bicyclic) bond motifs is 2. The van der Waals surface area contributed by atoms with Gasteiger partial charge in [0, 0.05) is 24.1 Å². The zero-order valence-corrected chi connectivity index (χ0v) is 18.8. The number of hydrogen-bond donors (Lipinski definition) is 3. The van der Waals surface area contributed by atoms with Crippen LogP contribution in [-0.2, 0) is 28.4 Å². The number of aromatic nitrogens is 2. The molecule has 2 aliphatic carbocycles. The van der Waals surface area contributed by atoms with Gasteiger partial charge in [0.15, 0.2) is 9.84 Å². The lowest BCUT2D eigenvalue weighted by molar-refractivity contribution is 0.600. The molecule has 166 valence electrons. The first-order chi connectivity index (χ1) is 15.4. The van der Waals surface area contributed by atoms with Gasteiger partial charge in [-0.3, -0.25) is 0 Å². The summed E-state index contributed by atoms with van der Waals surface area (Å²) in [6.45, 7) is 0. The molecular weight excluding hydrogens is 422 g/mol. The van der Waals surface area contributed by atoms with Gasteiger partial charge in [0.2, 0.25) is 0 Å². The third-order valence-corrected chi connectivity index (χ3v) is 7.08. The topological polar surface area (TPSA) is 110 Å². The zero-order valence-electron chi connectivity index (χ0n) is 18.0. The Morgan fingerprint density at radius 3 is 2.72 bits per heavy atom. The van der Waals surface area contributed by atoms with Gasteiger partial charge in [-0.15, -0.1) is 0 Å². The van der Waals surface area contributed by atoms with Gasteiger partial charge in [-0.2, -0.15) is 0 Å². The maximum Gasteiger partial charge on any atom is 0.151 e.